The summed E-state index contributed by atoms with van der Waals surface area (Å²) in [5, 5.41) is 14.2. The fourth-order valence-electron chi connectivity index (χ4n) is 3.10. The zero-order chi connectivity index (χ0) is 14.0. The molecule has 0 aliphatic heterocycles. The topological polar surface area (TPSA) is 32.3 Å². The first-order valence-corrected chi connectivity index (χ1v) is 7.34. The first-order valence-electron chi connectivity index (χ1n) is 6.96. The molecule has 3 heteroatoms. The number of aryl methyl sites for hydroxylation is 1. The van der Waals surface area contributed by atoms with Gasteiger partial charge < -0.3 is 10.4 Å². The summed E-state index contributed by atoms with van der Waals surface area (Å²) in [6, 6.07) is 16.0. The van der Waals surface area contributed by atoms with Crippen LogP contribution in [0.2, 0.25) is 5.02 Å². The molecule has 0 saturated heterocycles. The summed E-state index contributed by atoms with van der Waals surface area (Å²) in [4.78, 5) is 0. The first-order chi connectivity index (χ1) is 9.73. The van der Waals surface area contributed by atoms with E-state index in [-0.39, 0.29) is 6.61 Å². The van der Waals surface area contributed by atoms with E-state index in [1.807, 2.05) is 30.3 Å². The van der Waals surface area contributed by atoms with Crippen LogP contribution in [-0.2, 0) is 12.0 Å². The Kier molecular flexibility index (Phi) is 3.68. The van der Waals surface area contributed by atoms with Gasteiger partial charge in [0, 0.05) is 10.7 Å². The number of rotatable bonds is 3. The number of hydrogen-bond donors (Lipinski definition) is 2. The second kappa shape index (κ2) is 5.47. The van der Waals surface area contributed by atoms with E-state index in [1.54, 1.807) is 0 Å². The summed E-state index contributed by atoms with van der Waals surface area (Å²) in [6.45, 7) is 0.0799. The molecule has 2 aromatic rings. The Balaban J connectivity index is 2.00. The summed E-state index contributed by atoms with van der Waals surface area (Å²) in [5.41, 5.74) is 3.07. The molecule has 2 N–H and O–H groups in total. The lowest BCUT2D eigenvalue weighted by atomic mass is 9.77. The highest BCUT2D eigenvalue weighted by molar-refractivity contribution is 6.30. The maximum atomic E-state index is 10.0. The molecule has 0 bridgehead atoms. The maximum Gasteiger partial charge on any atom is 0.0859 e. The second-order valence-electron chi connectivity index (χ2n) is 5.39. The number of aliphatic hydroxyl groups excluding tert-OH is 1. The molecular formula is C17H18ClNO. The summed E-state index contributed by atoms with van der Waals surface area (Å²) >= 11 is 6.05. The summed E-state index contributed by atoms with van der Waals surface area (Å²) in [5.74, 6) is 0. The van der Waals surface area contributed by atoms with Crippen molar-refractivity contribution in [2.75, 3.05) is 11.9 Å². The molecule has 3 rings (SSSR count). The Bertz CT molecular complexity index is 613. The number of hydrogen-bond acceptors (Lipinski definition) is 2. The minimum absolute atomic E-state index is 0.0799. The molecule has 0 fully saturated rings. The lowest BCUT2D eigenvalue weighted by Crippen LogP contribution is -2.42. The molecular weight excluding hydrogens is 270 g/mol. The maximum absolute atomic E-state index is 10.0. The smallest absolute Gasteiger partial charge is 0.0859 e. The van der Waals surface area contributed by atoms with Gasteiger partial charge in [0.05, 0.1) is 12.1 Å². The normalized spacial score (nSPS) is 21.3. The van der Waals surface area contributed by atoms with Gasteiger partial charge in [0.15, 0.2) is 0 Å². The van der Waals surface area contributed by atoms with Gasteiger partial charge in [-0.15, -0.1) is 0 Å². The average Bonchev–Trinajstić information content (AvgIpc) is 2.47. The van der Waals surface area contributed by atoms with Crippen LogP contribution in [0.3, 0.4) is 0 Å². The van der Waals surface area contributed by atoms with E-state index in [0.29, 0.717) is 5.02 Å². The fourth-order valence-corrected chi connectivity index (χ4v) is 3.29. The van der Waals surface area contributed by atoms with Crippen LogP contribution in [0.4, 0.5) is 5.69 Å². The van der Waals surface area contributed by atoms with Crippen molar-refractivity contribution in [2.45, 2.75) is 24.8 Å². The Morgan fingerprint density at radius 2 is 2.00 bits per heavy atom. The van der Waals surface area contributed by atoms with Crippen molar-refractivity contribution in [1.82, 2.24) is 0 Å². The van der Waals surface area contributed by atoms with E-state index in [2.05, 4.69) is 23.5 Å². The van der Waals surface area contributed by atoms with Crippen molar-refractivity contribution in [3.05, 3.63) is 64.7 Å². The molecule has 20 heavy (non-hydrogen) atoms. The lowest BCUT2D eigenvalue weighted by molar-refractivity contribution is 0.194. The van der Waals surface area contributed by atoms with Crippen molar-refractivity contribution in [3.63, 3.8) is 0 Å². The highest BCUT2D eigenvalue weighted by atomic mass is 35.5. The van der Waals surface area contributed by atoms with Gasteiger partial charge in [-0.2, -0.15) is 0 Å². The standard InChI is InChI=1S/C17H18ClNO/c18-14-7-3-8-15(11-14)19-17(12-20)10-4-6-13-5-1-2-9-16(13)17/h1-3,5,7-9,11,19-20H,4,6,10,12H2. The second-order valence-corrected chi connectivity index (χ2v) is 5.82. The molecule has 1 aliphatic carbocycles. The third-order valence-electron chi connectivity index (χ3n) is 4.06. The zero-order valence-corrected chi connectivity index (χ0v) is 12.0. The number of aliphatic hydroxyl groups is 1. The molecule has 0 heterocycles. The summed E-state index contributed by atoms with van der Waals surface area (Å²) < 4.78 is 0. The van der Waals surface area contributed by atoms with Gasteiger partial charge in [0.2, 0.25) is 0 Å². The Morgan fingerprint density at radius 3 is 2.80 bits per heavy atom. The molecule has 0 saturated carbocycles. The summed E-state index contributed by atoms with van der Waals surface area (Å²) in [6.07, 6.45) is 3.08. The van der Waals surface area contributed by atoms with Crippen molar-refractivity contribution < 1.29 is 5.11 Å². The predicted octanol–water partition coefficient (Wildman–Crippen LogP) is 3.98. The SMILES string of the molecule is OCC1(Nc2cccc(Cl)c2)CCCc2ccccc21. The number of halogens is 1. The van der Waals surface area contributed by atoms with Crippen molar-refractivity contribution >= 4 is 17.3 Å². The first kappa shape index (κ1) is 13.5. The quantitative estimate of drug-likeness (QED) is 0.895. The van der Waals surface area contributed by atoms with Crippen molar-refractivity contribution in [1.29, 1.82) is 0 Å². The van der Waals surface area contributed by atoms with Crippen LogP contribution in [0.1, 0.15) is 24.0 Å². The van der Waals surface area contributed by atoms with Crippen molar-refractivity contribution in [2.24, 2.45) is 0 Å². The van der Waals surface area contributed by atoms with Crippen LogP contribution in [-0.4, -0.2) is 11.7 Å². The zero-order valence-electron chi connectivity index (χ0n) is 11.3. The molecule has 0 spiro atoms. The Labute approximate surface area is 124 Å². The third kappa shape index (κ3) is 2.41. The highest BCUT2D eigenvalue weighted by Gasteiger charge is 2.35. The van der Waals surface area contributed by atoms with Gasteiger partial charge in [-0.05, 0) is 48.6 Å². The van der Waals surface area contributed by atoms with E-state index >= 15 is 0 Å². The van der Waals surface area contributed by atoms with E-state index in [1.165, 1.54) is 11.1 Å². The molecule has 1 atom stereocenters. The summed E-state index contributed by atoms with van der Waals surface area (Å²) in [7, 11) is 0. The molecule has 1 unspecified atom stereocenters. The predicted molar refractivity (Wildman–Crippen MR) is 83.2 cm³/mol. The van der Waals surface area contributed by atoms with E-state index in [0.717, 1.165) is 24.9 Å². The molecule has 0 aromatic heterocycles. The molecule has 2 aromatic carbocycles. The van der Waals surface area contributed by atoms with Gasteiger partial charge in [-0.3, -0.25) is 0 Å². The van der Waals surface area contributed by atoms with Crippen molar-refractivity contribution in [3.8, 4) is 0 Å². The number of benzene rings is 2. The molecule has 0 amide bonds. The minimum atomic E-state index is -0.403. The number of anilines is 1. The van der Waals surface area contributed by atoms with E-state index in [9.17, 15) is 5.11 Å². The van der Waals surface area contributed by atoms with Crippen LogP contribution in [0, 0.1) is 0 Å². The molecule has 2 nitrogen and oxygen atoms in total. The van der Waals surface area contributed by atoms with Crippen LogP contribution in [0.15, 0.2) is 48.5 Å². The van der Waals surface area contributed by atoms with Gasteiger partial charge in [-0.1, -0.05) is 41.9 Å². The number of nitrogens with one attached hydrogen (secondary N) is 1. The average molecular weight is 288 g/mol. The van der Waals surface area contributed by atoms with E-state index in [4.69, 9.17) is 11.6 Å². The van der Waals surface area contributed by atoms with Gasteiger partial charge in [0.1, 0.15) is 0 Å². The Morgan fingerprint density at radius 1 is 1.15 bits per heavy atom. The Hall–Kier alpha value is -1.51. The minimum Gasteiger partial charge on any atom is -0.394 e. The van der Waals surface area contributed by atoms with E-state index < -0.39 is 5.54 Å². The van der Waals surface area contributed by atoms with Crippen LogP contribution in [0.5, 0.6) is 0 Å². The third-order valence-corrected chi connectivity index (χ3v) is 4.30. The van der Waals surface area contributed by atoms with Crippen LogP contribution < -0.4 is 5.32 Å². The van der Waals surface area contributed by atoms with Crippen LogP contribution >= 0.6 is 11.6 Å². The monoisotopic (exact) mass is 287 g/mol. The lowest BCUT2D eigenvalue weighted by Gasteiger charge is -2.39. The van der Waals surface area contributed by atoms with Gasteiger partial charge in [0.25, 0.3) is 0 Å². The molecule has 0 radical (unpaired) electrons. The molecule has 104 valence electrons. The van der Waals surface area contributed by atoms with Crippen LogP contribution in [0.25, 0.3) is 0 Å². The van der Waals surface area contributed by atoms with Gasteiger partial charge >= 0.3 is 0 Å². The fraction of sp³-hybridized carbons (Fsp3) is 0.294. The highest BCUT2D eigenvalue weighted by Crippen LogP contribution is 2.38. The largest absolute Gasteiger partial charge is 0.394 e. The number of fused-ring (bicyclic) bond motifs is 1. The van der Waals surface area contributed by atoms with Gasteiger partial charge in [-0.25, -0.2) is 0 Å². The molecule has 1 aliphatic rings.